The topological polar surface area (TPSA) is 208 Å². The fourth-order valence-electron chi connectivity index (χ4n) is 4.87. The Labute approximate surface area is 302 Å². The molecule has 4 N–H and O–H groups in total. The number of carbonyl (C=O) groups excluding carboxylic acids is 3. The minimum Gasteiger partial charge on any atom is -0.462 e. The zero-order chi connectivity index (χ0) is 37.8. The number of hydrogen-bond acceptors (Lipinski definition) is 13. The summed E-state index contributed by atoms with van der Waals surface area (Å²) in [5.41, 5.74) is 8.30. The van der Waals surface area contributed by atoms with Crippen LogP contribution in [0.2, 0.25) is 0 Å². The highest BCUT2D eigenvalue weighted by Gasteiger charge is 2.32. The van der Waals surface area contributed by atoms with Gasteiger partial charge in [-0.15, -0.1) is 0 Å². The predicted molar refractivity (Wildman–Crippen MR) is 192 cm³/mol. The van der Waals surface area contributed by atoms with Crippen LogP contribution in [0.5, 0.6) is 5.75 Å². The van der Waals surface area contributed by atoms with E-state index in [1.807, 2.05) is 30.3 Å². The number of anilines is 1. The molecule has 4 aromatic rings. The van der Waals surface area contributed by atoms with Crippen LogP contribution in [-0.4, -0.2) is 74.3 Å². The van der Waals surface area contributed by atoms with Gasteiger partial charge in [0.1, 0.15) is 42.6 Å². The molecule has 0 fully saturated rings. The van der Waals surface area contributed by atoms with E-state index in [9.17, 15) is 18.9 Å². The van der Waals surface area contributed by atoms with Crippen LogP contribution in [0.4, 0.5) is 10.6 Å². The lowest BCUT2D eigenvalue weighted by Gasteiger charge is -2.25. The lowest BCUT2D eigenvalue weighted by molar-refractivity contribution is -0.150. The zero-order valence-corrected chi connectivity index (χ0v) is 30.9. The van der Waals surface area contributed by atoms with Crippen molar-refractivity contribution < 1.29 is 42.4 Å². The van der Waals surface area contributed by atoms with E-state index >= 15 is 0 Å². The van der Waals surface area contributed by atoms with Crippen molar-refractivity contribution in [1.29, 1.82) is 0 Å². The summed E-state index contributed by atoms with van der Waals surface area (Å²) in [5.74, 6) is -0.798. The molecular formula is C35H46N7O9P. The highest BCUT2D eigenvalue weighted by molar-refractivity contribution is 7.57. The first-order chi connectivity index (χ1) is 24.7. The number of alkyl carbamates (subject to hydrolysis) is 1. The van der Waals surface area contributed by atoms with Gasteiger partial charge in [0.15, 0.2) is 11.5 Å². The Bertz CT molecular complexity index is 1840. The van der Waals surface area contributed by atoms with Crippen LogP contribution >= 0.6 is 7.52 Å². The number of nitrogens with one attached hydrogen (secondary N) is 2. The first-order valence-corrected chi connectivity index (χ1v) is 18.6. The molecule has 17 heteroatoms. The maximum Gasteiger partial charge on any atom is 0.408 e. The van der Waals surface area contributed by atoms with Crippen molar-refractivity contribution in [3.05, 3.63) is 78.4 Å². The number of rotatable bonds is 18. The van der Waals surface area contributed by atoms with E-state index < -0.39 is 56.2 Å². The molecule has 2 aromatic carbocycles. The van der Waals surface area contributed by atoms with Crippen molar-refractivity contribution in [3.8, 4) is 5.75 Å². The van der Waals surface area contributed by atoms with Gasteiger partial charge in [-0.3, -0.25) is 9.36 Å². The van der Waals surface area contributed by atoms with Crippen LogP contribution in [0.1, 0.15) is 52.7 Å². The molecule has 0 bridgehead atoms. The Kier molecular flexibility index (Phi) is 14.1. The van der Waals surface area contributed by atoms with Crippen LogP contribution in [-0.2, 0) is 52.7 Å². The minimum absolute atomic E-state index is 0.0273. The lowest BCUT2D eigenvalue weighted by Crippen LogP contribution is -2.44. The third kappa shape index (κ3) is 12.0. The molecule has 16 nitrogen and oxygen atoms in total. The SMILES string of the molecule is CC(C)OC(=O)[C@H](C)NP(=O)(CO[C@H](C)Cn1cnc2c(N)ncnc21)Oc1ccc(C[C@H](NC(=O)OCc2ccccc2)C(=O)OC(C)C)cc1. The number of aromatic nitrogens is 4. The predicted octanol–water partition coefficient (Wildman–Crippen LogP) is 4.76. The van der Waals surface area contributed by atoms with Gasteiger partial charge in [0.2, 0.25) is 0 Å². The summed E-state index contributed by atoms with van der Waals surface area (Å²) in [6.45, 7) is 10.4. The number of hydrogen-bond donors (Lipinski definition) is 3. The molecular weight excluding hydrogens is 693 g/mol. The number of esters is 2. The minimum atomic E-state index is -3.91. The monoisotopic (exact) mass is 739 g/mol. The Morgan fingerprint density at radius 2 is 1.54 bits per heavy atom. The number of carbonyl (C=O) groups is 3. The van der Waals surface area contributed by atoms with Crippen LogP contribution in [0.25, 0.3) is 11.2 Å². The summed E-state index contributed by atoms with van der Waals surface area (Å²) in [4.78, 5) is 50.6. The molecule has 2 aromatic heterocycles. The highest BCUT2D eigenvalue weighted by Crippen LogP contribution is 2.44. The summed E-state index contributed by atoms with van der Waals surface area (Å²) in [7, 11) is -3.91. The van der Waals surface area contributed by atoms with E-state index in [0.29, 0.717) is 23.3 Å². The number of benzene rings is 2. The Morgan fingerprint density at radius 3 is 2.21 bits per heavy atom. The van der Waals surface area contributed by atoms with Gasteiger partial charge in [-0.05, 0) is 64.8 Å². The third-order valence-corrected chi connectivity index (χ3v) is 9.04. The van der Waals surface area contributed by atoms with E-state index in [1.165, 1.54) is 13.3 Å². The maximum atomic E-state index is 14.2. The average Bonchev–Trinajstić information content (AvgIpc) is 3.50. The standard InChI is InChI=1S/C35H46N7O9P/c1-22(2)49-33(43)25(6)41-52(46,21-48-24(5)17-42-20-39-30-31(36)37-19-38-32(30)42)51-28-14-12-26(13-15-28)16-29(34(44)50-23(3)4)40-35(45)47-18-27-10-8-7-9-11-27/h7-15,19-20,22-25,29H,16-18,21H2,1-6H3,(H,40,45)(H,41,46)(H2,36,37,38)/t24-,25+,29+,52?/m1/s1. The van der Waals surface area contributed by atoms with Crippen LogP contribution in [0.15, 0.2) is 67.3 Å². The second-order valence-electron chi connectivity index (χ2n) is 12.6. The van der Waals surface area contributed by atoms with Gasteiger partial charge in [-0.1, -0.05) is 42.5 Å². The molecule has 0 saturated heterocycles. The number of amides is 1. The number of imidazole rings is 1. The Hall–Kier alpha value is -5.05. The molecule has 52 heavy (non-hydrogen) atoms. The van der Waals surface area contributed by atoms with E-state index in [2.05, 4.69) is 25.4 Å². The van der Waals surface area contributed by atoms with Crippen molar-refractivity contribution in [2.75, 3.05) is 12.1 Å². The smallest absolute Gasteiger partial charge is 0.408 e. The van der Waals surface area contributed by atoms with Crippen molar-refractivity contribution in [1.82, 2.24) is 29.9 Å². The van der Waals surface area contributed by atoms with Gasteiger partial charge in [0.05, 0.1) is 31.2 Å². The molecule has 1 amide bonds. The molecule has 0 aliphatic carbocycles. The van der Waals surface area contributed by atoms with Crippen molar-refractivity contribution in [2.45, 2.75) is 91.5 Å². The van der Waals surface area contributed by atoms with Gasteiger partial charge < -0.3 is 39.1 Å². The molecule has 0 spiro atoms. The number of nitrogens with two attached hydrogens (primary N) is 1. The van der Waals surface area contributed by atoms with E-state index in [0.717, 1.165) is 5.56 Å². The Morgan fingerprint density at radius 1 is 0.865 bits per heavy atom. The first kappa shape index (κ1) is 39.7. The Balaban J connectivity index is 1.45. The molecule has 280 valence electrons. The van der Waals surface area contributed by atoms with E-state index in [4.69, 9.17) is 29.2 Å². The van der Waals surface area contributed by atoms with E-state index in [-0.39, 0.29) is 30.7 Å². The van der Waals surface area contributed by atoms with Crippen LogP contribution in [0.3, 0.4) is 0 Å². The number of ether oxygens (including phenoxy) is 4. The number of fused-ring (bicyclic) bond motifs is 1. The molecule has 4 rings (SSSR count). The van der Waals surface area contributed by atoms with Gasteiger partial charge in [-0.2, -0.15) is 0 Å². The molecule has 1 unspecified atom stereocenters. The molecule has 0 saturated carbocycles. The second kappa shape index (κ2) is 18.4. The number of nitrogen functional groups attached to an aromatic ring is 1. The fourth-order valence-corrected chi connectivity index (χ4v) is 6.66. The molecule has 4 atom stereocenters. The maximum absolute atomic E-state index is 14.2. The summed E-state index contributed by atoms with van der Waals surface area (Å²) >= 11 is 0. The van der Waals surface area contributed by atoms with Gasteiger partial charge in [-0.25, -0.2) is 29.6 Å². The number of nitrogens with zero attached hydrogens (tertiary/aromatic N) is 4. The van der Waals surface area contributed by atoms with Crippen LogP contribution in [0, 0.1) is 0 Å². The summed E-state index contributed by atoms with van der Waals surface area (Å²) < 4.78 is 43.9. The van der Waals surface area contributed by atoms with Crippen molar-refractivity contribution in [2.24, 2.45) is 0 Å². The quantitative estimate of drug-likeness (QED) is 0.0714. The molecule has 2 heterocycles. The van der Waals surface area contributed by atoms with Crippen molar-refractivity contribution >= 4 is 42.5 Å². The highest BCUT2D eigenvalue weighted by atomic mass is 31.2. The third-order valence-electron chi connectivity index (χ3n) is 7.27. The molecule has 0 aliphatic rings. The van der Waals surface area contributed by atoms with Crippen molar-refractivity contribution in [3.63, 3.8) is 0 Å². The normalized spacial score (nSPS) is 14.3. The fraction of sp³-hybridized carbons (Fsp3) is 0.429. The van der Waals surface area contributed by atoms with E-state index in [1.54, 1.807) is 69.8 Å². The summed E-state index contributed by atoms with van der Waals surface area (Å²) in [6.07, 6.45) is 0.494. The van der Waals surface area contributed by atoms with Gasteiger partial charge in [0.25, 0.3) is 0 Å². The zero-order valence-electron chi connectivity index (χ0n) is 30.1. The van der Waals surface area contributed by atoms with Crippen LogP contribution < -0.4 is 20.7 Å². The van der Waals surface area contributed by atoms with Gasteiger partial charge in [0, 0.05) is 6.42 Å². The molecule has 0 aliphatic heterocycles. The van der Waals surface area contributed by atoms with Gasteiger partial charge >= 0.3 is 25.6 Å². The lowest BCUT2D eigenvalue weighted by atomic mass is 10.1. The summed E-state index contributed by atoms with van der Waals surface area (Å²) in [5, 5.41) is 5.37. The molecule has 0 radical (unpaired) electrons. The summed E-state index contributed by atoms with van der Waals surface area (Å²) in [6, 6.07) is 13.5. The largest absolute Gasteiger partial charge is 0.462 e. The average molecular weight is 740 g/mol. The second-order valence-corrected chi connectivity index (χ2v) is 14.7. The first-order valence-electron chi connectivity index (χ1n) is 16.8.